The summed E-state index contributed by atoms with van der Waals surface area (Å²) in [6.07, 6.45) is 2.09. The first kappa shape index (κ1) is 19.3. The maximum atomic E-state index is 12.7. The van der Waals surface area contributed by atoms with Crippen molar-refractivity contribution in [3.63, 3.8) is 0 Å². The molecule has 1 aliphatic rings. The molecular weight excluding hydrogens is 382 g/mol. The van der Waals surface area contributed by atoms with Crippen molar-refractivity contribution in [1.29, 1.82) is 0 Å². The van der Waals surface area contributed by atoms with Gasteiger partial charge in [-0.3, -0.25) is 24.3 Å². The number of amides is 3. The first-order chi connectivity index (χ1) is 14.6. The van der Waals surface area contributed by atoms with Crippen LogP contribution in [0.1, 0.15) is 28.9 Å². The van der Waals surface area contributed by atoms with E-state index >= 15 is 0 Å². The van der Waals surface area contributed by atoms with E-state index in [-0.39, 0.29) is 30.6 Å². The smallest absolute Gasteiger partial charge is 0.255 e. The molecule has 1 aromatic heterocycles. The van der Waals surface area contributed by atoms with Crippen LogP contribution in [-0.4, -0.2) is 22.7 Å². The Morgan fingerprint density at radius 3 is 2.53 bits per heavy atom. The number of nitrogens with one attached hydrogen (secondary N) is 1. The molecule has 2 aromatic carbocycles. The van der Waals surface area contributed by atoms with Crippen molar-refractivity contribution in [2.45, 2.75) is 19.4 Å². The molecule has 0 radical (unpaired) electrons. The van der Waals surface area contributed by atoms with E-state index in [1.165, 1.54) is 6.07 Å². The van der Waals surface area contributed by atoms with E-state index in [0.717, 1.165) is 10.6 Å². The van der Waals surface area contributed by atoms with Gasteiger partial charge in [-0.25, -0.2) is 0 Å². The lowest BCUT2D eigenvalue weighted by Gasteiger charge is -2.15. The van der Waals surface area contributed by atoms with Gasteiger partial charge in [0.1, 0.15) is 12.4 Å². The zero-order chi connectivity index (χ0) is 20.9. The number of rotatable bonds is 6. The highest BCUT2D eigenvalue weighted by Gasteiger charge is 2.30. The summed E-state index contributed by atoms with van der Waals surface area (Å²) in [5.41, 5.74) is 2.12. The molecule has 4 rings (SSSR count). The van der Waals surface area contributed by atoms with E-state index in [2.05, 4.69) is 10.3 Å². The molecule has 0 unspecified atom stereocenters. The fourth-order valence-electron chi connectivity index (χ4n) is 3.16. The van der Waals surface area contributed by atoms with Gasteiger partial charge in [0.2, 0.25) is 11.8 Å². The SMILES string of the molecule is O=C(Nc1cccc(OCc2ccccn2)c1)c1cccc(N2C(=O)CCC2=O)c1. The van der Waals surface area contributed by atoms with Crippen LogP contribution in [0.2, 0.25) is 0 Å². The van der Waals surface area contributed by atoms with Crippen molar-refractivity contribution in [1.82, 2.24) is 4.98 Å². The molecule has 1 N–H and O–H groups in total. The summed E-state index contributed by atoms with van der Waals surface area (Å²) in [5, 5.41) is 2.81. The number of hydrogen-bond acceptors (Lipinski definition) is 5. The molecule has 2 heterocycles. The number of benzene rings is 2. The summed E-state index contributed by atoms with van der Waals surface area (Å²) >= 11 is 0. The molecule has 0 saturated carbocycles. The average Bonchev–Trinajstić information content (AvgIpc) is 3.11. The lowest BCUT2D eigenvalue weighted by Crippen LogP contribution is -2.28. The van der Waals surface area contributed by atoms with E-state index < -0.39 is 0 Å². The average molecular weight is 401 g/mol. The first-order valence-electron chi connectivity index (χ1n) is 9.50. The molecule has 30 heavy (non-hydrogen) atoms. The summed E-state index contributed by atoms with van der Waals surface area (Å²) < 4.78 is 5.73. The largest absolute Gasteiger partial charge is 0.487 e. The fourth-order valence-corrected chi connectivity index (χ4v) is 3.16. The van der Waals surface area contributed by atoms with Crippen LogP contribution < -0.4 is 15.0 Å². The number of carbonyl (C=O) groups excluding carboxylic acids is 3. The minimum Gasteiger partial charge on any atom is -0.487 e. The molecule has 0 atom stereocenters. The molecule has 150 valence electrons. The van der Waals surface area contributed by atoms with Crippen molar-refractivity contribution in [3.05, 3.63) is 84.2 Å². The summed E-state index contributed by atoms with van der Waals surface area (Å²) in [5.74, 6) is -0.260. The van der Waals surface area contributed by atoms with Crippen molar-refractivity contribution >= 4 is 29.1 Å². The minimum atomic E-state index is -0.349. The van der Waals surface area contributed by atoms with Crippen LogP contribution in [0.3, 0.4) is 0 Å². The number of ether oxygens (including phenoxy) is 1. The van der Waals surface area contributed by atoms with E-state index in [9.17, 15) is 14.4 Å². The second-order valence-corrected chi connectivity index (χ2v) is 6.76. The van der Waals surface area contributed by atoms with Crippen LogP contribution in [0.5, 0.6) is 5.75 Å². The second kappa shape index (κ2) is 8.57. The van der Waals surface area contributed by atoms with Gasteiger partial charge < -0.3 is 10.1 Å². The Labute approximate surface area is 173 Å². The van der Waals surface area contributed by atoms with Crippen LogP contribution >= 0.6 is 0 Å². The molecule has 3 amide bonds. The van der Waals surface area contributed by atoms with Gasteiger partial charge in [-0.1, -0.05) is 18.2 Å². The first-order valence-corrected chi connectivity index (χ1v) is 9.50. The Morgan fingerprint density at radius 1 is 0.967 bits per heavy atom. The van der Waals surface area contributed by atoms with Crippen LogP contribution in [0, 0.1) is 0 Å². The Kier molecular flexibility index (Phi) is 5.52. The number of anilines is 2. The highest BCUT2D eigenvalue weighted by Crippen LogP contribution is 2.24. The molecule has 0 aliphatic carbocycles. The minimum absolute atomic E-state index is 0.195. The summed E-state index contributed by atoms with van der Waals surface area (Å²) in [6, 6.07) is 19.1. The third-order valence-corrected chi connectivity index (χ3v) is 4.62. The van der Waals surface area contributed by atoms with E-state index in [0.29, 0.717) is 29.3 Å². The van der Waals surface area contributed by atoms with Crippen LogP contribution in [0.4, 0.5) is 11.4 Å². The van der Waals surface area contributed by atoms with Gasteiger partial charge in [-0.15, -0.1) is 0 Å². The maximum absolute atomic E-state index is 12.7. The van der Waals surface area contributed by atoms with Gasteiger partial charge in [0, 0.05) is 36.4 Å². The highest BCUT2D eigenvalue weighted by atomic mass is 16.5. The molecule has 1 aliphatic heterocycles. The molecule has 1 saturated heterocycles. The van der Waals surface area contributed by atoms with Gasteiger partial charge in [0.25, 0.3) is 5.91 Å². The third kappa shape index (κ3) is 4.35. The van der Waals surface area contributed by atoms with Crippen LogP contribution in [0.15, 0.2) is 72.9 Å². The Bertz CT molecular complexity index is 1080. The van der Waals surface area contributed by atoms with Gasteiger partial charge in [-0.2, -0.15) is 0 Å². The van der Waals surface area contributed by atoms with Gasteiger partial charge >= 0.3 is 0 Å². The number of nitrogens with zero attached hydrogens (tertiary/aromatic N) is 2. The fraction of sp³-hybridized carbons (Fsp3) is 0.130. The number of carbonyl (C=O) groups is 3. The van der Waals surface area contributed by atoms with Crippen molar-refractivity contribution < 1.29 is 19.1 Å². The highest BCUT2D eigenvalue weighted by molar-refractivity contribution is 6.20. The monoisotopic (exact) mass is 401 g/mol. The third-order valence-electron chi connectivity index (χ3n) is 4.62. The van der Waals surface area contributed by atoms with Gasteiger partial charge in [0.05, 0.1) is 11.4 Å². The lowest BCUT2D eigenvalue weighted by molar-refractivity contribution is -0.121. The summed E-state index contributed by atoms with van der Waals surface area (Å²) in [6.45, 7) is 0.318. The zero-order valence-corrected chi connectivity index (χ0v) is 16.1. The number of pyridine rings is 1. The second-order valence-electron chi connectivity index (χ2n) is 6.76. The van der Waals surface area contributed by atoms with Gasteiger partial charge in [-0.05, 0) is 42.5 Å². The Balaban J connectivity index is 1.44. The molecule has 3 aromatic rings. The Hall–Kier alpha value is -4.00. The maximum Gasteiger partial charge on any atom is 0.255 e. The van der Waals surface area contributed by atoms with Crippen molar-refractivity contribution in [2.75, 3.05) is 10.2 Å². The predicted molar refractivity (Wildman–Crippen MR) is 111 cm³/mol. The Morgan fingerprint density at radius 2 is 1.77 bits per heavy atom. The number of aromatic nitrogens is 1. The van der Waals surface area contributed by atoms with Crippen molar-refractivity contribution in [2.24, 2.45) is 0 Å². The van der Waals surface area contributed by atoms with E-state index in [1.807, 2.05) is 18.2 Å². The standard InChI is InChI=1S/C23H19N3O4/c27-21-10-11-22(28)26(21)19-8-3-5-16(13-19)23(29)25-17-7-4-9-20(14-17)30-15-18-6-1-2-12-24-18/h1-9,12-14H,10-11,15H2,(H,25,29). The summed E-state index contributed by atoms with van der Waals surface area (Å²) in [4.78, 5) is 41.9. The van der Waals surface area contributed by atoms with E-state index in [4.69, 9.17) is 4.74 Å². The van der Waals surface area contributed by atoms with Crippen molar-refractivity contribution in [3.8, 4) is 5.75 Å². The molecule has 0 spiro atoms. The predicted octanol–water partition coefficient (Wildman–Crippen LogP) is 3.57. The van der Waals surface area contributed by atoms with Gasteiger partial charge in [0.15, 0.2) is 0 Å². The molecule has 1 fully saturated rings. The van der Waals surface area contributed by atoms with Crippen LogP contribution in [0.25, 0.3) is 0 Å². The summed E-state index contributed by atoms with van der Waals surface area (Å²) in [7, 11) is 0. The van der Waals surface area contributed by atoms with Crippen LogP contribution in [-0.2, 0) is 16.2 Å². The molecular formula is C23H19N3O4. The zero-order valence-electron chi connectivity index (χ0n) is 16.1. The molecule has 0 bridgehead atoms. The number of hydrogen-bond donors (Lipinski definition) is 1. The lowest BCUT2D eigenvalue weighted by atomic mass is 10.1. The normalized spacial score (nSPS) is 13.4. The molecule has 7 heteroatoms. The quantitative estimate of drug-likeness (QED) is 0.638. The molecule has 7 nitrogen and oxygen atoms in total. The topological polar surface area (TPSA) is 88.6 Å². The number of imide groups is 1. The van der Waals surface area contributed by atoms with E-state index in [1.54, 1.807) is 48.7 Å².